The van der Waals surface area contributed by atoms with Crippen molar-refractivity contribution in [3.8, 4) is 22.5 Å². The standard InChI is InChI=1S/C53H35N5O/c1-2-7-15-40(45-16-8-9-27-54-45)39(14-6-1)36-20-24-47-44(32-36)53-49(18-11-29-56-53)58(47)38-22-26-51-42(33-38)41-30-35(21-25-50(41)59-51)34-19-23-46-43(31-34)52-48(17-10-28-55-52)57(46)37-12-4-3-5-13-37/h1-6,8-14,16-33H,7,15H2/b2-1?,14-6?,40-39-. The van der Waals surface area contributed by atoms with Crippen molar-refractivity contribution in [2.75, 3.05) is 0 Å². The van der Waals surface area contributed by atoms with E-state index in [1.807, 2.05) is 36.8 Å². The Bertz CT molecular complexity index is 3550. The highest BCUT2D eigenvalue weighted by atomic mass is 16.3. The summed E-state index contributed by atoms with van der Waals surface area (Å²) >= 11 is 0. The quantitative estimate of drug-likeness (QED) is 0.175. The maximum atomic E-state index is 6.46. The number of nitrogens with zero attached hydrogens (tertiary/aromatic N) is 5. The molecule has 6 heteroatoms. The van der Waals surface area contributed by atoms with Gasteiger partial charge < -0.3 is 13.6 Å². The third kappa shape index (κ3) is 5.37. The molecule has 0 aliphatic heterocycles. The molecule has 6 nitrogen and oxygen atoms in total. The normalized spacial score (nSPS) is 14.6. The summed E-state index contributed by atoms with van der Waals surface area (Å²) in [5, 5.41) is 4.37. The number of benzene rings is 5. The summed E-state index contributed by atoms with van der Waals surface area (Å²) in [6, 6.07) is 51.5. The van der Waals surface area contributed by atoms with Crippen LogP contribution in [0.1, 0.15) is 24.1 Å². The molecule has 278 valence electrons. The lowest BCUT2D eigenvalue weighted by atomic mass is 9.92. The van der Waals surface area contributed by atoms with Crippen molar-refractivity contribution in [3.05, 3.63) is 200 Å². The van der Waals surface area contributed by atoms with Gasteiger partial charge in [0.15, 0.2) is 0 Å². The fraction of sp³-hybridized carbons (Fsp3) is 0.0377. The van der Waals surface area contributed by atoms with Crippen molar-refractivity contribution in [2.24, 2.45) is 0 Å². The van der Waals surface area contributed by atoms with Crippen LogP contribution >= 0.6 is 0 Å². The van der Waals surface area contributed by atoms with Crippen LogP contribution in [0.5, 0.6) is 0 Å². The lowest BCUT2D eigenvalue weighted by Gasteiger charge is -2.14. The van der Waals surface area contributed by atoms with Crippen LogP contribution in [0.3, 0.4) is 0 Å². The molecular weight excluding hydrogens is 723 g/mol. The van der Waals surface area contributed by atoms with Gasteiger partial charge >= 0.3 is 0 Å². The molecule has 11 aromatic rings. The molecule has 0 saturated carbocycles. The van der Waals surface area contributed by atoms with E-state index in [1.54, 1.807) is 0 Å². The van der Waals surface area contributed by atoms with E-state index in [0.29, 0.717) is 0 Å². The van der Waals surface area contributed by atoms with E-state index < -0.39 is 0 Å². The van der Waals surface area contributed by atoms with Crippen molar-refractivity contribution in [1.29, 1.82) is 0 Å². The third-order valence-electron chi connectivity index (χ3n) is 11.8. The minimum atomic E-state index is 0.853. The van der Waals surface area contributed by atoms with Crippen LogP contribution in [-0.2, 0) is 0 Å². The number of allylic oxidation sites excluding steroid dienone is 6. The molecule has 6 heterocycles. The van der Waals surface area contributed by atoms with Crippen LogP contribution in [-0.4, -0.2) is 24.1 Å². The average molecular weight is 758 g/mol. The molecule has 12 rings (SSSR count). The number of hydrogen-bond donors (Lipinski definition) is 0. The second-order valence-corrected chi connectivity index (χ2v) is 15.1. The SMILES string of the molecule is C1=CCC/C(c2ccccn2)=C(/c2ccc3c(c2)c2ncccc2n3-c2ccc3oc4ccc(-c5ccc6c(c5)c5ncccc5n6-c5ccccc5)cc4c3c2)C=C1. The van der Waals surface area contributed by atoms with E-state index in [4.69, 9.17) is 19.4 Å². The zero-order chi connectivity index (χ0) is 38.9. The molecule has 0 amide bonds. The smallest absolute Gasteiger partial charge is 0.135 e. The summed E-state index contributed by atoms with van der Waals surface area (Å²) in [4.78, 5) is 14.6. The molecule has 0 N–H and O–H groups in total. The van der Waals surface area contributed by atoms with Gasteiger partial charge in [0.25, 0.3) is 0 Å². The molecule has 0 atom stereocenters. The number of hydrogen-bond acceptors (Lipinski definition) is 4. The topological polar surface area (TPSA) is 61.7 Å². The van der Waals surface area contributed by atoms with Gasteiger partial charge in [-0.05, 0) is 144 Å². The number of para-hydroxylation sites is 1. The van der Waals surface area contributed by atoms with E-state index >= 15 is 0 Å². The van der Waals surface area contributed by atoms with Crippen molar-refractivity contribution in [2.45, 2.75) is 12.8 Å². The first-order chi connectivity index (χ1) is 29.3. The van der Waals surface area contributed by atoms with E-state index in [9.17, 15) is 0 Å². The molecule has 1 aliphatic rings. The number of pyridine rings is 3. The van der Waals surface area contributed by atoms with Gasteiger partial charge in [0, 0.05) is 51.5 Å². The molecule has 0 saturated heterocycles. The first-order valence-corrected chi connectivity index (χ1v) is 20.1. The summed E-state index contributed by atoms with van der Waals surface area (Å²) < 4.78 is 11.1. The third-order valence-corrected chi connectivity index (χ3v) is 11.8. The van der Waals surface area contributed by atoms with E-state index in [0.717, 1.165) is 112 Å². The predicted molar refractivity (Wildman–Crippen MR) is 242 cm³/mol. The van der Waals surface area contributed by atoms with Gasteiger partial charge in [-0.25, -0.2) is 0 Å². The van der Waals surface area contributed by atoms with Crippen molar-refractivity contribution in [1.82, 2.24) is 24.1 Å². The van der Waals surface area contributed by atoms with Gasteiger partial charge in [-0.1, -0.05) is 66.8 Å². The first-order valence-electron chi connectivity index (χ1n) is 20.1. The highest BCUT2D eigenvalue weighted by molar-refractivity contribution is 6.12. The highest BCUT2D eigenvalue weighted by Crippen LogP contribution is 2.40. The van der Waals surface area contributed by atoms with Crippen LogP contribution in [0.15, 0.2) is 193 Å². The molecule has 59 heavy (non-hydrogen) atoms. The molecule has 0 unspecified atom stereocenters. The van der Waals surface area contributed by atoms with Gasteiger partial charge in [-0.15, -0.1) is 0 Å². The Kier molecular flexibility index (Phi) is 7.56. The van der Waals surface area contributed by atoms with E-state index in [2.05, 4.69) is 161 Å². The molecule has 6 aromatic heterocycles. The fourth-order valence-electron chi connectivity index (χ4n) is 9.10. The average Bonchev–Trinajstić information content (AvgIpc) is 3.93. The van der Waals surface area contributed by atoms with Crippen LogP contribution < -0.4 is 0 Å². The molecule has 0 bridgehead atoms. The first kappa shape index (κ1) is 33.3. The Hall–Kier alpha value is -7.83. The molecule has 0 spiro atoms. The Labute approximate surface area is 339 Å². The summed E-state index contributed by atoms with van der Waals surface area (Å²) in [5.41, 5.74) is 17.1. The summed E-state index contributed by atoms with van der Waals surface area (Å²) in [6.45, 7) is 0. The van der Waals surface area contributed by atoms with E-state index in [1.165, 1.54) is 11.1 Å². The Morgan fingerprint density at radius 2 is 1.08 bits per heavy atom. The summed E-state index contributed by atoms with van der Waals surface area (Å²) in [7, 11) is 0. The molecule has 0 fully saturated rings. The molecule has 5 aromatic carbocycles. The highest BCUT2D eigenvalue weighted by Gasteiger charge is 2.19. The van der Waals surface area contributed by atoms with Gasteiger partial charge in [0.05, 0.1) is 38.8 Å². The number of aromatic nitrogens is 5. The van der Waals surface area contributed by atoms with Crippen LogP contribution in [0.4, 0.5) is 0 Å². The lowest BCUT2D eigenvalue weighted by molar-refractivity contribution is 0.669. The maximum absolute atomic E-state index is 6.46. The minimum Gasteiger partial charge on any atom is -0.456 e. The van der Waals surface area contributed by atoms with Crippen LogP contribution in [0, 0.1) is 0 Å². The molecular formula is C53H35N5O. The number of furan rings is 1. The van der Waals surface area contributed by atoms with Gasteiger partial charge in [0.1, 0.15) is 11.2 Å². The van der Waals surface area contributed by atoms with Crippen LogP contribution in [0.25, 0.3) is 99.5 Å². The van der Waals surface area contributed by atoms with Crippen molar-refractivity contribution < 1.29 is 4.42 Å². The largest absolute Gasteiger partial charge is 0.456 e. The zero-order valence-corrected chi connectivity index (χ0v) is 32.0. The number of fused-ring (bicyclic) bond motifs is 9. The molecule has 1 aliphatic carbocycles. The molecule has 0 radical (unpaired) electrons. The van der Waals surface area contributed by atoms with Gasteiger partial charge in [-0.2, -0.15) is 0 Å². The van der Waals surface area contributed by atoms with Crippen LogP contribution in [0.2, 0.25) is 0 Å². The van der Waals surface area contributed by atoms with Gasteiger partial charge in [-0.3, -0.25) is 15.0 Å². The Morgan fingerprint density at radius 1 is 0.458 bits per heavy atom. The summed E-state index contributed by atoms with van der Waals surface area (Å²) in [5.74, 6) is 0. The predicted octanol–water partition coefficient (Wildman–Crippen LogP) is 13.4. The van der Waals surface area contributed by atoms with Crippen molar-refractivity contribution >= 4 is 77.0 Å². The fourth-order valence-corrected chi connectivity index (χ4v) is 9.10. The second kappa shape index (κ2) is 13.4. The second-order valence-electron chi connectivity index (χ2n) is 15.1. The van der Waals surface area contributed by atoms with Crippen molar-refractivity contribution in [3.63, 3.8) is 0 Å². The maximum Gasteiger partial charge on any atom is 0.135 e. The monoisotopic (exact) mass is 757 g/mol. The lowest BCUT2D eigenvalue weighted by Crippen LogP contribution is -1.96. The Balaban J connectivity index is 0.997. The summed E-state index contributed by atoms with van der Waals surface area (Å²) in [6.07, 6.45) is 16.2. The van der Waals surface area contributed by atoms with Gasteiger partial charge in [0.2, 0.25) is 0 Å². The van der Waals surface area contributed by atoms with E-state index in [-0.39, 0.29) is 0 Å². The minimum absolute atomic E-state index is 0.853. The Morgan fingerprint density at radius 3 is 1.83 bits per heavy atom. The zero-order valence-electron chi connectivity index (χ0n) is 32.0. The number of rotatable bonds is 5.